The molecular weight excluding hydrogens is 404 g/mol. The summed E-state index contributed by atoms with van der Waals surface area (Å²) in [6.45, 7) is 6.66. The smallest absolute Gasteiger partial charge is 0.295 e. The lowest BCUT2D eigenvalue weighted by molar-refractivity contribution is -0.140. The van der Waals surface area contributed by atoms with Crippen LogP contribution in [0, 0.1) is 0 Å². The molecule has 0 aromatic heterocycles. The van der Waals surface area contributed by atoms with E-state index in [0.717, 1.165) is 13.1 Å². The maximum atomic E-state index is 12.9. The van der Waals surface area contributed by atoms with Crippen LogP contribution in [0.25, 0.3) is 5.76 Å². The minimum absolute atomic E-state index is 0.0208. The molecule has 1 aliphatic heterocycles. The van der Waals surface area contributed by atoms with Gasteiger partial charge in [-0.05, 0) is 42.9 Å². The van der Waals surface area contributed by atoms with Crippen molar-refractivity contribution in [3.05, 3.63) is 70.3 Å². The van der Waals surface area contributed by atoms with Crippen molar-refractivity contribution in [3.8, 4) is 5.75 Å². The van der Waals surface area contributed by atoms with Crippen LogP contribution in [0.3, 0.4) is 0 Å². The lowest BCUT2D eigenvalue weighted by Gasteiger charge is -2.28. The molecular formula is C23H25ClN2O4. The summed E-state index contributed by atoms with van der Waals surface area (Å²) < 4.78 is 0. The summed E-state index contributed by atoms with van der Waals surface area (Å²) >= 11 is 6.05. The first-order chi connectivity index (χ1) is 14.4. The van der Waals surface area contributed by atoms with Crippen LogP contribution in [-0.4, -0.2) is 57.9 Å². The van der Waals surface area contributed by atoms with E-state index in [1.54, 1.807) is 36.4 Å². The molecule has 1 amide bonds. The first-order valence-electron chi connectivity index (χ1n) is 9.93. The fourth-order valence-electron chi connectivity index (χ4n) is 3.69. The van der Waals surface area contributed by atoms with Crippen LogP contribution in [0.5, 0.6) is 5.75 Å². The quantitative estimate of drug-likeness (QED) is 0.398. The SMILES string of the molecule is CCN(CC)CCN1C(=O)C(=O)/C(=C(\O)c2cccc(Cl)c2)C1c1ccc(O)cc1. The molecule has 1 atom stereocenters. The summed E-state index contributed by atoms with van der Waals surface area (Å²) in [4.78, 5) is 29.5. The number of hydrogen-bond acceptors (Lipinski definition) is 5. The molecule has 1 unspecified atom stereocenters. The highest BCUT2D eigenvalue weighted by Gasteiger charge is 2.45. The van der Waals surface area contributed by atoms with E-state index in [1.165, 1.54) is 17.0 Å². The average Bonchev–Trinajstić information content (AvgIpc) is 2.99. The highest BCUT2D eigenvalue weighted by molar-refractivity contribution is 6.46. The summed E-state index contributed by atoms with van der Waals surface area (Å²) in [5.74, 6) is -1.57. The van der Waals surface area contributed by atoms with Gasteiger partial charge < -0.3 is 20.0 Å². The zero-order chi connectivity index (χ0) is 21.8. The van der Waals surface area contributed by atoms with Crippen molar-refractivity contribution in [2.24, 2.45) is 0 Å². The van der Waals surface area contributed by atoms with Crippen LogP contribution < -0.4 is 0 Å². The Morgan fingerprint density at radius 2 is 1.77 bits per heavy atom. The zero-order valence-corrected chi connectivity index (χ0v) is 17.8. The van der Waals surface area contributed by atoms with Crippen LogP contribution in [0.4, 0.5) is 0 Å². The first-order valence-corrected chi connectivity index (χ1v) is 10.3. The molecule has 158 valence electrons. The Balaban J connectivity index is 2.09. The fourth-order valence-corrected chi connectivity index (χ4v) is 3.88. The molecule has 0 aliphatic carbocycles. The predicted octanol–water partition coefficient (Wildman–Crippen LogP) is 3.81. The van der Waals surface area contributed by atoms with E-state index in [0.29, 0.717) is 29.2 Å². The normalized spacial score (nSPS) is 18.4. The number of benzene rings is 2. The summed E-state index contributed by atoms with van der Waals surface area (Å²) in [6.07, 6.45) is 0. The molecule has 1 heterocycles. The van der Waals surface area contributed by atoms with Gasteiger partial charge in [-0.2, -0.15) is 0 Å². The largest absolute Gasteiger partial charge is 0.508 e. The number of rotatable bonds is 7. The van der Waals surface area contributed by atoms with Crippen LogP contribution >= 0.6 is 11.6 Å². The maximum Gasteiger partial charge on any atom is 0.295 e. The van der Waals surface area contributed by atoms with Gasteiger partial charge in [-0.25, -0.2) is 0 Å². The van der Waals surface area contributed by atoms with Gasteiger partial charge in [0.25, 0.3) is 11.7 Å². The summed E-state index contributed by atoms with van der Waals surface area (Å²) in [5, 5.41) is 21.0. The van der Waals surface area contributed by atoms with E-state index in [4.69, 9.17) is 11.6 Å². The average molecular weight is 429 g/mol. The number of nitrogens with zero attached hydrogens (tertiary/aromatic N) is 2. The number of phenolic OH excluding ortho intramolecular Hbond substituents is 1. The highest BCUT2D eigenvalue weighted by Crippen LogP contribution is 2.39. The predicted molar refractivity (Wildman–Crippen MR) is 116 cm³/mol. The molecule has 1 fully saturated rings. The fraction of sp³-hybridized carbons (Fsp3) is 0.304. The third-order valence-corrected chi connectivity index (χ3v) is 5.63. The molecule has 2 aromatic rings. The number of likely N-dealkylation sites (tertiary alicyclic amines) is 1. The lowest BCUT2D eigenvalue weighted by Crippen LogP contribution is -2.38. The van der Waals surface area contributed by atoms with E-state index in [9.17, 15) is 19.8 Å². The topological polar surface area (TPSA) is 81.1 Å². The van der Waals surface area contributed by atoms with E-state index >= 15 is 0 Å². The van der Waals surface area contributed by atoms with Gasteiger partial charge in [-0.1, -0.05) is 49.7 Å². The Bertz CT molecular complexity index is 967. The minimum atomic E-state index is -0.750. The number of amides is 1. The Hall–Kier alpha value is -2.83. The number of Topliss-reactive ketones (excluding diaryl/α,β-unsaturated/α-hetero) is 1. The second-order valence-electron chi connectivity index (χ2n) is 7.12. The molecule has 0 radical (unpaired) electrons. The van der Waals surface area contributed by atoms with Crippen molar-refractivity contribution in [1.82, 2.24) is 9.80 Å². The molecule has 2 N–H and O–H groups in total. The number of aliphatic hydroxyl groups excluding tert-OH is 1. The molecule has 3 rings (SSSR count). The molecule has 1 aliphatic rings. The first kappa shape index (κ1) is 21.9. The van der Waals surface area contributed by atoms with Crippen LogP contribution in [-0.2, 0) is 9.59 Å². The standard InChI is InChI=1S/C23H25ClN2O4/c1-3-25(4-2)12-13-26-20(15-8-10-18(27)11-9-15)19(22(29)23(26)30)21(28)16-6-5-7-17(24)14-16/h5-11,14,20,27-28H,3-4,12-13H2,1-2H3/b21-19-. The number of likely N-dealkylation sites (N-methyl/N-ethyl adjacent to an activating group) is 1. The number of halogens is 1. The Morgan fingerprint density at radius 3 is 2.37 bits per heavy atom. The maximum absolute atomic E-state index is 12.9. The third-order valence-electron chi connectivity index (χ3n) is 5.40. The third kappa shape index (κ3) is 4.35. The molecule has 6 nitrogen and oxygen atoms in total. The Labute approximate surface area is 181 Å². The molecule has 1 saturated heterocycles. The molecule has 0 bridgehead atoms. The molecule has 0 spiro atoms. The van der Waals surface area contributed by atoms with Gasteiger partial charge in [0.05, 0.1) is 11.6 Å². The molecule has 30 heavy (non-hydrogen) atoms. The van der Waals surface area contributed by atoms with Crippen molar-refractivity contribution in [1.29, 1.82) is 0 Å². The lowest BCUT2D eigenvalue weighted by atomic mass is 9.95. The molecule has 0 saturated carbocycles. The molecule has 2 aromatic carbocycles. The van der Waals surface area contributed by atoms with Crippen molar-refractivity contribution in [3.63, 3.8) is 0 Å². The number of phenols is 1. The van der Waals surface area contributed by atoms with Crippen LogP contribution in [0.2, 0.25) is 5.02 Å². The molecule has 7 heteroatoms. The summed E-state index contributed by atoms with van der Waals surface area (Å²) in [6, 6.07) is 12.1. The number of ketones is 1. The van der Waals surface area contributed by atoms with Gasteiger partial charge in [-0.15, -0.1) is 0 Å². The van der Waals surface area contributed by atoms with E-state index in [1.807, 2.05) is 13.8 Å². The number of hydrogen-bond donors (Lipinski definition) is 2. The van der Waals surface area contributed by atoms with E-state index in [2.05, 4.69) is 4.90 Å². The van der Waals surface area contributed by atoms with Gasteiger partial charge in [0, 0.05) is 23.7 Å². The van der Waals surface area contributed by atoms with Gasteiger partial charge >= 0.3 is 0 Å². The Morgan fingerprint density at radius 1 is 1.10 bits per heavy atom. The number of aromatic hydroxyl groups is 1. The number of carbonyl (C=O) groups is 2. The van der Waals surface area contributed by atoms with Crippen LogP contribution in [0.15, 0.2) is 54.1 Å². The monoisotopic (exact) mass is 428 g/mol. The van der Waals surface area contributed by atoms with E-state index in [-0.39, 0.29) is 17.1 Å². The van der Waals surface area contributed by atoms with Crippen LogP contribution in [0.1, 0.15) is 31.0 Å². The van der Waals surface area contributed by atoms with Gasteiger partial charge in [-0.3, -0.25) is 9.59 Å². The Kier molecular flexibility index (Phi) is 6.80. The summed E-state index contributed by atoms with van der Waals surface area (Å²) in [7, 11) is 0. The number of aliphatic hydroxyl groups is 1. The van der Waals surface area contributed by atoms with Gasteiger partial charge in [0.2, 0.25) is 0 Å². The second-order valence-corrected chi connectivity index (χ2v) is 7.56. The number of carbonyl (C=O) groups excluding carboxylic acids is 2. The van der Waals surface area contributed by atoms with Crippen molar-refractivity contribution < 1.29 is 19.8 Å². The van der Waals surface area contributed by atoms with Gasteiger partial charge in [0.1, 0.15) is 11.5 Å². The van der Waals surface area contributed by atoms with E-state index < -0.39 is 17.7 Å². The second kappa shape index (κ2) is 9.32. The minimum Gasteiger partial charge on any atom is -0.508 e. The van der Waals surface area contributed by atoms with Crippen molar-refractivity contribution in [2.75, 3.05) is 26.2 Å². The zero-order valence-electron chi connectivity index (χ0n) is 17.0. The van der Waals surface area contributed by atoms with Crippen molar-refractivity contribution in [2.45, 2.75) is 19.9 Å². The summed E-state index contributed by atoms with van der Waals surface area (Å²) in [5.41, 5.74) is 1.02. The highest BCUT2D eigenvalue weighted by atomic mass is 35.5. The van der Waals surface area contributed by atoms with Gasteiger partial charge in [0.15, 0.2) is 0 Å². The van der Waals surface area contributed by atoms with Crippen molar-refractivity contribution >= 4 is 29.1 Å².